The molecule has 2 heterocycles. The SMILES string of the molecule is O=C(CC(=O)Oc1ccccc1)Cc1ccc2c(c1)N(CC1=CCC=N1)CC2. The molecule has 0 N–H and O–H groups in total. The Labute approximate surface area is 164 Å². The summed E-state index contributed by atoms with van der Waals surface area (Å²) in [4.78, 5) is 31.0. The van der Waals surface area contributed by atoms with E-state index in [4.69, 9.17) is 4.74 Å². The second-order valence-corrected chi connectivity index (χ2v) is 7.06. The Morgan fingerprint density at radius 1 is 1.11 bits per heavy atom. The van der Waals surface area contributed by atoms with Gasteiger partial charge in [0, 0.05) is 31.3 Å². The lowest BCUT2D eigenvalue weighted by Gasteiger charge is -2.19. The number of hydrogen-bond acceptors (Lipinski definition) is 5. The molecule has 0 saturated heterocycles. The molecule has 0 atom stereocenters. The fraction of sp³-hybridized carbons (Fsp3) is 0.261. The molecule has 28 heavy (non-hydrogen) atoms. The third kappa shape index (κ3) is 4.36. The number of hydrogen-bond donors (Lipinski definition) is 0. The molecule has 0 saturated carbocycles. The molecule has 2 aliphatic heterocycles. The van der Waals surface area contributed by atoms with Crippen LogP contribution < -0.4 is 9.64 Å². The molecule has 4 rings (SSSR count). The maximum absolute atomic E-state index is 12.3. The number of para-hydroxylation sites is 1. The Morgan fingerprint density at radius 2 is 1.96 bits per heavy atom. The van der Waals surface area contributed by atoms with Crippen LogP contribution in [0.4, 0.5) is 5.69 Å². The smallest absolute Gasteiger partial charge is 0.318 e. The van der Waals surface area contributed by atoms with Gasteiger partial charge in [-0.3, -0.25) is 14.6 Å². The molecule has 0 bridgehead atoms. The van der Waals surface area contributed by atoms with Gasteiger partial charge in [0.25, 0.3) is 0 Å². The summed E-state index contributed by atoms with van der Waals surface area (Å²) in [6.45, 7) is 1.76. The minimum Gasteiger partial charge on any atom is -0.426 e. The predicted molar refractivity (Wildman–Crippen MR) is 109 cm³/mol. The van der Waals surface area contributed by atoms with E-state index in [9.17, 15) is 9.59 Å². The second-order valence-electron chi connectivity index (χ2n) is 7.06. The van der Waals surface area contributed by atoms with E-state index in [0.29, 0.717) is 5.75 Å². The van der Waals surface area contributed by atoms with Crippen LogP contribution in [0.3, 0.4) is 0 Å². The minimum absolute atomic E-state index is 0.145. The van der Waals surface area contributed by atoms with Crippen LogP contribution in [0, 0.1) is 0 Å². The summed E-state index contributed by atoms with van der Waals surface area (Å²) in [5.74, 6) is -0.212. The first-order valence-corrected chi connectivity index (χ1v) is 9.53. The number of allylic oxidation sites excluding steroid dienone is 1. The van der Waals surface area contributed by atoms with E-state index in [1.54, 1.807) is 24.3 Å². The van der Waals surface area contributed by atoms with E-state index in [2.05, 4.69) is 28.1 Å². The Kier molecular flexibility index (Phi) is 5.33. The molecule has 0 amide bonds. The number of carbonyl (C=O) groups is 2. The van der Waals surface area contributed by atoms with Gasteiger partial charge in [-0.1, -0.05) is 36.4 Å². The molecule has 0 unspecified atom stereocenters. The normalized spacial score (nSPS) is 14.7. The number of aliphatic imine (C=N–C) groups is 1. The van der Waals surface area contributed by atoms with Crippen molar-refractivity contribution >= 4 is 23.7 Å². The van der Waals surface area contributed by atoms with Crippen molar-refractivity contribution in [2.75, 3.05) is 18.0 Å². The van der Waals surface area contributed by atoms with Crippen LogP contribution in [0.1, 0.15) is 24.0 Å². The Bertz CT molecular complexity index is 948. The van der Waals surface area contributed by atoms with E-state index >= 15 is 0 Å². The van der Waals surface area contributed by atoms with Crippen molar-refractivity contribution in [2.24, 2.45) is 4.99 Å². The zero-order valence-electron chi connectivity index (χ0n) is 15.6. The molecular weight excluding hydrogens is 352 g/mol. The lowest BCUT2D eigenvalue weighted by molar-refractivity contribution is -0.137. The van der Waals surface area contributed by atoms with Gasteiger partial charge < -0.3 is 9.64 Å². The summed E-state index contributed by atoms with van der Waals surface area (Å²) in [6, 6.07) is 14.9. The van der Waals surface area contributed by atoms with Crippen LogP contribution in [-0.4, -0.2) is 31.1 Å². The number of carbonyl (C=O) groups excluding carboxylic acids is 2. The minimum atomic E-state index is -0.523. The third-order valence-electron chi connectivity index (χ3n) is 4.93. The number of esters is 1. The fourth-order valence-electron chi connectivity index (χ4n) is 3.58. The topological polar surface area (TPSA) is 59.0 Å². The molecule has 0 spiro atoms. The first-order chi connectivity index (χ1) is 13.7. The number of anilines is 1. The van der Waals surface area contributed by atoms with Crippen LogP contribution in [0.5, 0.6) is 5.75 Å². The van der Waals surface area contributed by atoms with Gasteiger partial charge in [0.2, 0.25) is 0 Å². The third-order valence-corrected chi connectivity index (χ3v) is 4.93. The number of rotatable bonds is 7. The maximum atomic E-state index is 12.3. The van der Waals surface area contributed by atoms with Gasteiger partial charge in [-0.2, -0.15) is 0 Å². The summed E-state index contributed by atoms with van der Waals surface area (Å²) >= 11 is 0. The van der Waals surface area contributed by atoms with E-state index in [-0.39, 0.29) is 18.6 Å². The highest BCUT2D eigenvalue weighted by Gasteiger charge is 2.21. The molecule has 0 radical (unpaired) electrons. The lowest BCUT2D eigenvalue weighted by atomic mass is 10.0. The quantitative estimate of drug-likeness (QED) is 0.423. The summed E-state index contributed by atoms with van der Waals surface area (Å²) in [7, 11) is 0. The molecule has 5 heteroatoms. The van der Waals surface area contributed by atoms with Gasteiger partial charge in [0.05, 0.1) is 12.2 Å². The van der Waals surface area contributed by atoms with Crippen molar-refractivity contribution < 1.29 is 14.3 Å². The lowest BCUT2D eigenvalue weighted by Crippen LogP contribution is -2.22. The Morgan fingerprint density at radius 3 is 2.75 bits per heavy atom. The van der Waals surface area contributed by atoms with Crippen LogP contribution in [0.25, 0.3) is 0 Å². The van der Waals surface area contributed by atoms with E-state index < -0.39 is 5.97 Å². The van der Waals surface area contributed by atoms with Gasteiger partial charge in [-0.25, -0.2) is 0 Å². The molecule has 0 aromatic heterocycles. The maximum Gasteiger partial charge on any atom is 0.318 e. The number of benzene rings is 2. The first-order valence-electron chi connectivity index (χ1n) is 9.53. The number of fused-ring (bicyclic) bond motifs is 1. The predicted octanol–water partition coefficient (Wildman–Crippen LogP) is 3.51. The van der Waals surface area contributed by atoms with Gasteiger partial charge in [-0.05, 0) is 35.7 Å². The average molecular weight is 374 g/mol. The van der Waals surface area contributed by atoms with Crippen molar-refractivity contribution in [2.45, 2.75) is 25.7 Å². The molecule has 0 fully saturated rings. The molecule has 2 aromatic rings. The second kappa shape index (κ2) is 8.21. The fourth-order valence-corrected chi connectivity index (χ4v) is 3.58. The first kappa shape index (κ1) is 18.2. The zero-order chi connectivity index (χ0) is 19.3. The van der Waals surface area contributed by atoms with Crippen molar-refractivity contribution in [3.8, 4) is 5.75 Å². The average Bonchev–Trinajstić information content (AvgIpc) is 3.33. The van der Waals surface area contributed by atoms with Gasteiger partial charge in [-0.15, -0.1) is 0 Å². The molecule has 2 aromatic carbocycles. The molecular formula is C23H22N2O3. The van der Waals surface area contributed by atoms with Gasteiger partial charge >= 0.3 is 5.97 Å². The molecule has 5 nitrogen and oxygen atoms in total. The summed E-state index contributed by atoms with van der Waals surface area (Å²) in [5.41, 5.74) is 4.48. The number of Topliss-reactive ketones (excluding diaryl/α,β-unsaturated/α-hetero) is 1. The molecule has 142 valence electrons. The van der Waals surface area contributed by atoms with Crippen molar-refractivity contribution in [3.05, 3.63) is 71.4 Å². The monoisotopic (exact) mass is 374 g/mol. The standard InChI is InChI=1S/C23H22N2O3/c26-20(15-23(27)28-21-6-2-1-3-7-21)13-17-8-9-18-10-12-25(22(18)14-17)16-19-5-4-11-24-19/h1-3,5-9,11,14H,4,10,12-13,15-16H2. The van der Waals surface area contributed by atoms with E-state index in [1.807, 2.05) is 18.3 Å². The van der Waals surface area contributed by atoms with Crippen molar-refractivity contribution in [1.29, 1.82) is 0 Å². The van der Waals surface area contributed by atoms with Crippen LogP contribution in [0.15, 0.2) is 65.3 Å². The summed E-state index contributed by atoms with van der Waals surface area (Å²) in [5, 5.41) is 0. The van der Waals surface area contributed by atoms with Crippen molar-refractivity contribution in [3.63, 3.8) is 0 Å². The van der Waals surface area contributed by atoms with Gasteiger partial charge in [0.1, 0.15) is 18.0 Å². The Hall–Kier alpha value is -3.21. The summed E-state index contributed by atoms with van der Waals surface area (Å²) < 4.78 is 5.20. The number of ketones is 1. The van der Waals surface area contributed by atoms with E-state index in [1.165, 1.54) is 11.3 Å². The highest BCUT2D eigenvalue weighted by Crippen LogP contribution is 2.30. The Balaban J connectivity index is 1.36. The van der Waals surface area contributed by atoms with Crippen LogP contribution >= 0.6 is 0 Å². The van der Waals surface area contributed by atoms with Gasteiger partial charge in [0.15, 0.2) is 0 Å². The highest BCUT2D eigenvalue weighted by molar-refractivity contribution is 5.97. The molecule has 0 aliphatic carbocycles. The number of nitrogens with zero attached hydrogens (tertiary/aromatic N) is 2. The summed E-state index contributed by atoms with van der Waals surface area (Å²) in [6.07, 6.45) is 5.98. The zero-order valence-corrected chi connectivity index (χ0v) is 15.6. The highest BCUT2D eigenvalue weighted by atomic mass is 16.5. The van der Waals surface area contributed by atoms with E-state index in [0.717, 1.165) is 37.2 Å². The largest absolute Gasteiger partial charge is 0.426 e. The van der Waals surface area contributed by atoms with Crippen molar-refractivity contribution in [1.82, 2.24) is 0 Å². The molecule has 2 aliphatic rings. The van der Waals surface area contributed by atoms with Crippen LogP contribution in [0.2, 0.25) is 0 Å². The van der Waals surface area contributed by atoms with Crippen LogP contribution in [-0.2, 0) is 22.4 Å². The number of ether oxygens (including phenoxy) is 1.